The van der Waals surface area contributed by atoms with Gasteiger partial charge in [0, 0.05) is 36.7 Å². The Morgan fingerprint density at radius 2 is 2.15 bits per heavy atom. The third-order valence-corrected chi connectivity index (χ3v) is 4.59. The minimum atomic E-state index is -0.0711. The second-order valence-electron chi connectivity index (χ2n) is 5.42. The number of rotatable bonds is 5. The van der Waals surface area contributed by atoms with Crippen molar-refractivity contribution in [3.8, 4) is 0 Å². The highest BCUT2D eigenvalue weighted by Crippen LogP contribution is 2.17. The Bertz CT molecular complexity index is 441. The molecule has 0 spiro atoms. The van der Waals surface area contributed by atoms with E-state index in [2.05, 4.69) is 29.2 Å². The fraction of sp³-hybridized carbons (Fsp3) is 0.714. The maximum absolute atomic E-state index is 12.2. The maximum atomic E-state index is 12.2. The molecule has 0 saturated carbocycles. The molecule has 1 amide bonds. The molecule has 1 saturated heterocycles. The normalized spacial score (nSPS) is 18.2. The van der Waals surface area contributed by atoms with Crippen LogP contribution in [0.2, 0.25) is 0 Å². The van der Waals surface area contributed by atoms with Crippen LogP contribution in [0.3, 0.4) is 0 Å². The van der Waals surface area contributed by atoms with Crippen molar-refractivity contribution in [2.45, 2.75) is 39.3 Å². The first-order valence-corrected chi connectivity index (χ1v) is 8.27. The molecular formula is C14H23N3O2S. The molecule has 5 nitrogen and oxygen atoms in total. The summed E-state index contributed by atoms with van der Waals surface area (Å²) in [5.41, 5.74) is 1.89. The highest BCUT2D eigenvalue weighted by molar-refractivity contribution is 7.99. The van der Waals surface area contributed by atoms with E-state index in [9.17, 15) is 4.79 Å². The summed E-state index contributed by atoms with van der Waals surface area (Å²) in [5, 5.41) is 6.98. The summed E-state index contributed by atoms with van der Waals surface area (Å²) in [7, 11) is 0. The maximum Gasteiger partial charge on any atom is 0.237 e. The second-order valence-corrected chi connectivity index (χ2v) is 6.65. The van der Waals surface area contributed by atoms with Gasteiger partial charge in [0.1, 0.15) is 6.26 Å². The number of carbonyl (C=O) groups is 1. The van der Waals surface area contributed by atoms with E-state index in [4.69, 9.17) is 4.52 Å². The zero-order valence-corrected chi connectivity index (χ0v) is 13.2. The Labute approximate surface area is 124 Å². The molecule has 1 fully saturated rings. The Hall–Kier alpha value is -1.01. The summed E-state index contributed by atoms with van der Waals surface area (Å²) in [6, 6.07) is -0.0711. The molecule has 6 heteroatoms. The number of amides is 1. The van der Waals surface area contributed by atoms with E-state index in [0.717, 1.165) is 35.9 Å². The number of aromatic nitrogens is 1. The van der Waals surface area contributed by atoms with Gasteiger partial charge in [0.15, 0.2) is 0 Å². The largest absolute Gasteiger partial charge is 0.364 e. The van der Waals surface area contributed by atoms with Crippen LogP contribution in [0.25, 0.3) is 0 Å². The van der Waals surface area contributed by atoms with Crippen molar-refractivity contribution in [2.75, 3.05) is 24.6 Å². The highest BCUT2D eigenvalue weighted by Gasteiger charge is 2.23. The van der Waals surface area contributed by atoms with Gasteiger partial charge in [-0.05, 0) is 12.8 Å². The van der Waals surface area contributed by atoms with Crippen LogP contribution >= 0.6 is 11.8 Å². The van der Waals surface area contributed by atoms with E-state index in [0.29, 0.717) is 12.5 Å². The fourth-order valence-electron chi connectivity index (χ4n) is 2.33. The molecule has 1 aliphatic rings. The lowest BCUT2D eigenvalue weighted by molar-refractivity contribution is -0.125. The number of nitrogens with zero attached hydrogens (tertiary/aromatic N) is 2. The molecule has 1 aliphatic heterocycles. The van der Waals surface area contributed by atoms with Gasteiger partial charge in [0.25, 0.3) is 0 Å². The predicted octanol–water partition coefficient (Wildman–Crippen LogP) is 1.85. The smallest absolute Gasteiger partial charge is 0.237 e. The highest BCUT2D eigenvalue weighted by atomic mass is 32.2. The minimum Gasteiger partial charge on any atom is -0.364 e. The first-order chi connectivity index (χ1) is 9.59. The topological polar surface area (TPSA) is 58.4 Å². The van der Waals surface area contributed by atoms with Gasteiger partial charge in [-0.2, -0.15) is 11.8 Å². The fourth-order valence-corrected chi connectivity index (χ4v) is 3.27. The molecule has 1 aromatic heterocycles. The lowest BCUT2D eigenvalue weighted by Gasteiger charge is -2.31. The number of carbonyl (C=O) groups excluding carboxylic acids is 1. The standard InChI is InChI=1S/C14H23N3O2S/c1-10(2)13-12(9-19-16-13)8-15-14(18)11(3)17-4-6-20-7-5-17/h9-11H,4-8H2,1-3H3,(H,15,18). The van der Waals surface area contributed by atoms with Crippen LogP contribution in [0.4, 0.5) is 0 Å². The molecule has 0 bridgehead atoms. The summed E-state index contributed by atoms with van der Waals surface area (Å²) in [6.45, 7) is 8.58. The quantitative estimate of drug-likeness (QED) is 0.899. The Balaban J connectivity index is 1.86. The van der Waals surface area contributed by atoms with Crippen LogP contribution in [0.5, 0.6) is 0 Å². The van der Waals surface area contributed by atoms with Gasteiger partial charge in [-0.25, -0.2) is 0 Å². The van der Waals surface area contributed by atoms with E-state index in [1.165, 1.54) is 0 Å². The second kappa shape index (κ2) is 7.13. The van der Waals surface area contributed by atoms with Crippen LogP contribution < -0.4 is 5.32 Å². The lowest BCUT2D eigenvalue weighted by Crippen LogP contribution is -2.48. The van der Waals surface area contributed by atoms with Crippen LogP contribution in [0, 0.1) is 0 Å². The molecule has 2 rings (SSSR count). The molecule has 1 aromatic rings. The summed E-state index contributed by atoms with van der Waals surface area (Å²) in [4.78, 5) is 14.4. The van der Waals surface area contributed by atoms with E-state index in [1.807, 2.05) is 18.7 Å². The van der Waals surface area contributed by atoms with Crippen molar-refractivity contribution in [3.05, 3.63) is 17.5 Å². The van der Waals surface area contributed by atoms with Gasteiger partial charge in [0.2, 0.25) is 5.91 Å². The monoisotopic (exact) mass is 297 g/mol. The number of thioether (sulfide) groups is 1. The first kappa shape index (κ1) is 15.4. The summed E-state index contributed by atoms with van der Waals surface area (Å²) in [5.74, 6) is 2.60. The van der Waals surface area contributed by atoms with Gasteiger partial charge >= 0.3 is 0 Å². The van der Waals surface area contributed by atoms with E-state index in [1.54, 1.807) is 6.26 Å². The molecule has 1 atom stereocenters. The molecule has 0 aromatic carbocycles. The van der Waals surface area contributed by atoms with Crippen LogP contribution in [-0.2, 0) is 11.3 Å². The molecule has 20 heavy (non-hydrogen) atoms. The van der Waals surface area contributed by atoms with Gasteiger partial charge in [-0.3, -0.25) is 9.69 Å². The lowest BCUT2D eigenvalue weighted by atomic mass is 10.1. The molecule has 0 radical (unpaired) electrons. The summed E-state index contributed by atoms with van der Waals surface area (Å²) in [6.07, 6.45) is 1.62. The molecule has 1 N–H and O–H groups in total. The summed E-state index contributed by atoms with van der Waals surface area (Å²) >= 11 is 1.95. The summed E-state index contributed by atoms with van der Waals surface area (Å²) < 4.78 is 5.00. The number of hydrogen-bond donors (Lipinski definition) is 1. The SMILES string of the molecule is CC(C)c1nocc1CNC(=O)C(C)N1CCSCC1. The van der Waals surface area contributed by atoms with Crippen molar-refractivity contribution in [2.24, 2.45) is 0 Å². The molecular weight excluding hydrogens is 274 g/mol. The Morgan fingerprint density at radius 1 is 1.45 bits per heavy atom. The zero-order chi connectivity index (χ0) is 14.5. The molecule has 0 aliphatic carbocycles. The van der Waals surface area contributed by atoms with Crippen LogP contribution in [-0.4, -0.2) is 46.6 Å². The van der Waals surface area contributed by atoms with E-state index < -0.39 is 0 Å². The van der Waals surface area contributed by atoms with Crippen molar-refractivity contribution in [1.82, 2.24) is 15.4 Å². The third-order valence-electron chi connectivity index (χ3n) is 3.65. The van der Waals surface area contributed by atoms with Gasteiger partial charge in [-0.1, -0.05) is 19.0 Å². The number of hydrogen-bond acceptors (Lipinski definition) is 5. The minimum absolute atomic E-state index is 0.0711. The molecule has 2 heterocycles. The molecule has 1 unspecified atom stereocenters. The van der Waals surface area contributed by atoms with Gasteiger partial charge in [-0.15, -0.1) is 0 Å². The van der Waals surface area contributed by atoms with Crippen molar-refractivity contribution in [1.29, 1.82) is 0 Å². The zero-order valence-electron chi connectivity index (χ0n) is 12.4. The van der Waals surface area contributed by atoms with E-state index in [-0.39, 0.29) is 11.9 Å². The van der Waals surface area contributed by atoms with Gasteiger partial charge in [0.05, 0.1) is 11.7 Å². The van der Waals surface area contributed by atoms with Crippen molar-refractivity contribution in [3.63, 3.8) is 0 Å². The average Bonchev–Trinajstić information content (AvgIpc) is 2.93. The van der Waals surface area contributed by atoms with E-state index >= 15 is 0 Å². The van der Waals surface area contributed by atoms with Gasteiger partial charge < -0.3 is 9.84 Å². The van der Waals surface area contributed by atoms with Crippen molar-refractivity contribution < 1.29 is 9.32 Å². The predicted molar refractivity (Wildman–Crippen MR) is 80.8 cm³/mol. The average molecular weight is 297 g/mol. The number of nitrogens with one attached hydrogen (secondary N) is 1. The van der Waals surface area contributed by atoms with Crippen LogP contribution in [0.15, 0.2) is 10.8 Å². The van der Waals surface area contributed by atoms with Crippen molar-refractivity contribution >= 4 is 17.7 Å². The first-order valence-electron chi connectivity index (χ1n) is 7.12. The Kier molecular flexibility index (Phi) is 5.48. The third kappa shape index (κ3) is 3.76. The molecule has 112 valence electrons. The Morgan fingerprint density at radius 3 is 2.80 bits per heavy atom. The van der Waals surface area contributed by atoms with Crippen LogP contribution in [0.1, 0.15) is 37.9 Å².